The predicted octanol–water partition coefficient (Wildman–Crippen LogP) is -0.0708. The zero-order valence-electron chi connectivity index (χ0n) is 5.16. The molecule has 0 aliphatic rings. The van der Waals surface area contributed by atoms with E-state index in [1.54, 1.807) is 0 Å². The van der Waals surface area contributed by atoms with Crippen LogP contribution in [0, 0.1) is 0 Å². The molecule has 2 N–H and O–H groups in total. The van der Waals surface area contributed by atoms with E-state index >= 15 is 0 Å². The van der Waals surface area contributed by atoms with Gasteiger partial charge in [0.15, 0.2) is 0 Å². The van der Waals surface area contributed by atoms with Gasteiger partial charge < -0.3 is 0 Å². The van der Waals surface area contributed by atoms with Crippen molar-refractivity contribution < 1.29 is 4.79 Å². The van der Waals surface area contributed by atoms with Crippen LogP contribution in [0.1, 0.15) is 0 Å². The van der Waals surface area contributed by atoms with Crippen molar-refractivity contribution in [3.05, 3.63) is 19.0 Å². The predicted molar refractivity (Wildman–Crippen MR) is 35.2 cm³/mol. The minimum Gasteiger partial charge on any atom is -0.291 e. The summed E-state index contributed by atoms with van der Waals surface area (Å²) in [5, 5.41) is 8.37. The highest BCUT2D eigenvalue weighted by molar-refractivity contribution is 5.97. The Labute approximate surface area is 57.2 Å². The average molecular weight is 138 g/mol. The van der Waals surface area contributed by atoms with Gasteiger partial charge in [-0.05, 0) is 6.08 Å². The number of anilines is 1. The van der Waals surface area contributed by atoms with Crippen molar-refractivity contribution in [2.75, 3.05) is 5.32 Å². The Morgan fingerprint density at radius 1 is 1.90 bits per heavy atom. The molecule has 0 aromatic carbocycles. The van der Waals surface area contributed by atoms with Crippen molar-refractivity contribution in [3.63, 3.8) is 0 Å². The van der Waals surface area contributed by atoms with Crippen LogP contribution in [-0.4, -0.2) is 21.1 Å². The lowest BCUT2D eigenvalue weighted by Gasteiger charge is -1.91. The van der Waals surface area contributed by atoms with E-state index in [1.165, 1.54) is 6.33 Å². The largest absolute Gasteiger partial charge is 0.291 e. The summed E-state index contributed by atoms with van der Waals surface area (Å²) < 4.78 is 0. The summed E-state index contributed by atoms with van der Waals surface area (Å²) in [4.78, 5) is 14.2. The number of carbonyl (C=O) groups excluding carboxylic acids is 1. The van der Waals surface area contributed by atoms with Crippen LogP contribution < -0.4 is 5.32 Å². The van der Waals surface area contributed by atoms with Crippen LogP contribution in [0.5, 0.6) is 0 Å². The Morgan fingerprint density at radius 3 is 3.20 bits per heavy atom. The maximum atomic E-state index is 10.6. The molecule has 0 radical (unpaired) electrons. The molecule has 52 valence electrons. The van der Waals surface area contributed by atoms with Crippen LogP contribution in [0.3, 0.4) is 0 Å². The van der Waals surface area contributed by atoms with Gasteiger partial charge in [-0.15, -0.1) is 0 Å². The molecule has 0 fully saturated rings. The molecule has 0 atom stereocenters. The molecule has 0 spiro atoms. The fraction of sp³-hybridized carbons (Fsp3) is 0. The van der Waals surface area contributed by atoms with Gasteiger partial charge in [-0.3, -0.25) is 10.1 Å². The number of hydrogen-bond donors (Lipinski definition) is 2. The van der Waals surface area contributed by atoms with Crippen molar-refractivity contribution in [3.8, 4) is 0 Å². The first-order valence-corrected chi connectivity index (χ1v) is 2.61. The third kappa shape index (κ3) is 1.41. The number of carbonyl (C=O) groups is 1. The Bertz CT molecular complexity index is 228. The van der Waals surface area contributed by atoms with Gasteiger partial charge in [-0.1, -0.05) is 6.58 Å². The second-order valence-corrected chi connectivity index (χ2v) is 1.53. The Morgan fingerprint density at radius 2 is 2.70 bits per heavy atom. The number of aromatic nitrogens is 3. The first-order chi connectivity index (χ1) is 4.83. The number of nitrogens with one attached hydrogen (secondary N) is 2. The van der Waals surface area contributed by atoms with Crippen LogP contribution in [-0.2, 0) is 4.79 Å². The normalized spacial score (nSPS) is 8.80. The van der Waals surface area contributed by atoms with Crippen molar-refractivity contribution >= 4 is 11.9 Å². The van der Waals surface area contributed by atoms with Crippen molar-refractivity contribution in [1.29, 1.82) is 0 Å². The van der Waals surface area contributed by atoms with Crippen LogP contribution in [0.2, 0.25) is 0 Å². The second-order valence-electron chi connectivity index (χ2n) is 1.53. The molecule has 0 saturated carbocycles. The lowest BCUT2D eigenvalue weighted by Crippen LogP contribution is -2.08. The maximum Gasteiger partial charge on any atom is 0.250 e. The van der Waals surface area contributed by atoms with E-state index < -0.39 is 0 Å². The maximum absolute atomic E-state index is 10.6. The van der Waals surface area contributed by atoms with Crippen LogP contribution in [0.25, 0.3) is 0 Å². The minimum absolute atomic E-state index is 0.309. The molecule has 5 nitrogen and oxygen atoms in total. The highest BCUT2D eigenvalue weighted by Gasteiger charge is 1.96. The van der Waals surface area contributed by atoms with Crippen LogP contribution >= 0.6 is 0 Å². The molecule has 0 saturated heterocycles. The van der Waals surface area contributed by atoms with Crippen LogP contribution in [0.4, 0.5) is 5.95 Å². The van der Waals surface area contributed by atoms with E-state index in [9.17, 15) is 4.79 Å². The molecule has 1 aromatic rings. The third-order valence-electron chi connectivity index (χ3n) is 0.842. The zero-order chi connectivity index (χ0) is 7.40. The highest BCUT2D eigenvalue weighted by Crippen LogP contribution is 1.90. The second kappa shape index (κ2) is 2.77. The summed E-state index contributed by atoms with van der Waals surface area (Å²) in [5.41, 5.74) is 0. The van der Waals surface area contributed by atoms with Gasteiger partial charge in [0.25, 0.3) is 0 Å². The number of amides is 1. The molecular formula is C5H6N4O. The molecule has 5 heteroatoms. The molecule has 0 unspecified atom stereocenters. The van der Waals surface area contributed by atoms with Crippen molar-refractivity contribution in [1.82, 2.24) is 15.2 Å². The van der Waals surface area contributed by atoms with E-state index in [4.69, 9.17) is 0 Å². The molecule has 1 rings (SSSR count). The highest BCUT2D eigenvalue weighted by atomic mass is 16.1. The van der Waals surface area contributed by atoms with Gasteiger partial charge in [-0.2, -0.15) is 10.1 Å². The van der Waals surface area contributed by atoms with Gasteiger partial charge in [0.2, 0.25) is 11.9 Å². The lowest BCUT2D eigenvalue weighted by molar-refractivity contribution is -0.111. The quantitative estimate of drug-likeness (QED) is 0.562. The minimum atomic E-state index is -0.309. The van der Waals surface area contributed by atoms with Gasteiger partial charge in [0.1, 0.15) is 6.33 Å². The molecule has 10 heavy (non-hydrogen) atoms. The Hall–Kier alpha value is -1.65. The number of rotatable bonds is 2. The Kier molecular flexibility index (Phi) is 1.79. The molecule has 0 aliphatic carbocycles. The topological polar surface area (TPSA) is 70.7 Å². The van der Waals surface area contributed by atoms with Gasteiger partial charge in [-0.25, -0.2) is 5.10 Å². The number of nitrogens with zero attached hydrogens (tertiary/aromatic N) is 2. The van der Waals surface area contributed by atoms with E-state index in [-0.39, 0.29) is 5.91 Å². The van der Waals surface area contributed by atoms with E-state index in [0.29, 0.717) is 5.95 Å². The number of hydrogen-bond acceptors (Lipinski definition) is 3. The SMILES string of the molecule is C=CC(=O)Nc1ncn[nH]1. The zero-order valence-corrected chi connectivity index (χ0v) is 5.16. The van der Waals surface area contributed by atoms with E-state index in [1.807, 2.05) is 0 Å². The lowest BCUT2D eigenvalue weighted by atomic mass is 10.6. The van der Waals surface area contributed by atoms with E-state index in [2.05, 4.69) is 27.1 Å². The van der Waals surface area contributed by atoms with Crippen molar-refractivity contribution in [2.45, 2.75) is 0 Å². The average Bonchev–Trinajstić information content (AvgIpc) is 2.40. The first-order valence-electron chi connectivity index (χ1n) is 2.61. The van der Waals surface area contributed by atoms with Gasteiger partial charge >= 0.3 is 0 Å². The fourth-order valence-electron chi connectivity index (χ4n) is 0.433. The summed E-state index contributed by atoms with van der Waals surface area (Å²) in [6, 6.07) is 0. The summed E-state index contributed by atoms with van der Waals surface area (Å²) in [6.07, 6.45) is 2.46. The molecule has 1 amide bonds. The molecule has 1 aromatic heterocycles. The molecular weight excluding hydrogens is 132 g/mol. The van der Waals surface area contributed by atoms with Crippen molar-refractivity contribution in [2.24, 2.45) is 0 Å². The standard InChI is InChI=1S/C5H6N4O/c1-2-4(10)8-5-6-3-7-9-5/h2-3H,1H2,(H2,6,7,8,9,10). The molecule has 0 aliphatic heterocycles. The van der Waals surface area contributed by atoms with E-state index in [0.717, 1.165) is 6.08 Å². The monoisotopic (exact) mass is 138 g/mol. The smallest absolute Gasteiger partial charge is 0.250 e. The van der Waals surface area contributed by atoms with Gasteiger partial charge in [0, 0.05) is 0 Å². The first kappa shape index (κ1) is 6.47. The summed E-state index contributed by atoms with van der Waals surface area (Å²) >= 11 is 0. The summed E-state index contributed by atoms with van der Waals surface area (Å²) in [6.45, 7) is 3.27. The van der Waals surface area contributed by atoms with Gasteiger partial charge in [0.05, 0.1) is 0 Å². The summed E-state index contributed by atoms with van der Waals surface area (Å²) in [5.74, 6) is 0.0154. The fourth-order valence-corrected chi connectivity index (χ4v) is 0.433. The molecule has 0 bridgehead atoms. The Balaban J connectivity index is 2.56. The third-order valence-corrected chi connectivity index (χ3v) is 0.842. The molecule has 1 heterocycles. The number of aromatic amines is 1. The number of H-pyrrole nitrogens is 1. The van der Waals surface area contributed by atoms with Crippen LogP contribution in [0.15, 0.2) is 19.0 Å². The summed E-state index contributed by atoms with van der Waals surface area (Å²) in [7, 11) is 0.